The number of amides is 3. The number of hydrogen-bond donors (Lipinski definition) is 3. The van der Waals surface area contributed by atoms with Crippen molar-refractivity contribution in [2.45, 2.75) is 31.9 Å². The molecule has 0 aliphatic carbocycles. The Balaban J connectivity index is 1.74. The van der Waals surface area contributed by atoms with Gasteiger partial charge in [-0.05, 0) is 25.0 Å². The fourth-order valence-corrected chi connectivity index (χ4v) is 4.29. The molecule has 3 atom stereocenters. The lowest BCUT2D eigenvalue weighted by atomic mass is 9.86. The summed E-state index contributed by atoms with van der Waals surface area (Å²) < 4.78 is 5.68. The molecule has 3 N–H and O–H groups in total. The van der Waals surface area contributed by atoms with E-state index in [2.05, 4.69) is 4.90 Å². The van der Waals surface area contributed by atoms with Crippen LogP contribution in [0.4, 0.5) is 10.5 Å². The van der Waals surface area contributed by atoms with E-state index in [9.17, 15) is 24.7 Å². The molecule has 0 spiro atoms. The number of hydrogen-bond acceptors (Lipinski definition) is 6. The van der Waals surface area contributed by atoms with Crippen molar-refractivity contribution in [2.75, 3.05) is 44.2 Å². The molecule has 0 radical (unpaired) electrons. The van der Waals surface area contributed by atoms with Gasteiger partial charge in [0.05, 0.1) is 18.6 Å². The summed E-state index contributed by atoms with van der Waals surface area (Å²) in [4.78, 5) is 42.4. The highest BCUT2D eigenvalue weighted by Gasteiger charge is 2.48. The van der Waals surface area contributed by atoms with Crippen molar-refractivity contribution in [3.63, 3.8) is 0 Å². The number of nitrogens with one attached hydrogen (secondary N) is 1. The first-order chi connectivity index (χ1) is 15.0. The van der Waals surface area contributed by atoms with Crippen LogP contribution in [0.3, 0.4) is 0 Å². The number of rotatable bonds is 6. The largest absolute Gasteiger partial charge is 0.465 e. The van der Waals surface area contributed by atoms with E-state index in [1.54, 1.807) is 10.4 Å². The van der Waals surface area contributed by atoms with Gasteiger partial charge >= 0.3 is 6.09 Å². The lowest BCUT2D eigenvalue weighted by molar-refractivity contribution is -0.153. The Kier molecular flexibility index (Phi) is 7.69. The first-order valence-corrected chi connectivity index (χ1v) is 10.6. The van der Waals surface area contributed by atoms with Crippen LogP contribution in [0.5, 0.6) is 0 Å². The van der Waals surface area contributed by atoms with Crippen LogP contribution >= 0.6 is 0 Å². The van der Waals surface area contributed by atoms with Gasteiger partial charge in [-0.1, -0.05) is 25.1 Å². The van der Waals surface area contributed by atoms with Crippen molar-refractivity contribution in [2.24, 2.45) is 5.92 Å². The maximum Gasteiger partial charge on any atom is 0.408 e. The summed E-state index contributed by atoms with van der Waals surface area (Å²) in [6.07, 6.45) is -0.899. The van der Waals surface area contributed by atoms with Crippen LogP contribution in [0, 0.1) is 5.92 Å². The predicted molar refractivity (Wildman–Crippen MR) is 112 cm³/mol. The van der Waals surface area contributed by atoms with E-state index in [4.69, 9.17) is 4.74 Å². The third-order valence-electron chi connectivity index (χ3n) is 5.85. The second-order valence-electron chi connectivity index (χ2n) is 7.84. The number of carboxylic acid groups (broad SMARTS) is 1. The van der Waals surface area contributed by atoms with Crippen molar-refractivity contribution in [1.82, 2.24) is 15.3 Å². The maximum atomic E-state index is 13.4. The molecular formula is C21H30N4O6. The summed E-state index contributed by atoms with van der Waals surface area (Å²) in [6.45, 7) is 4.40. The lowest BCUT2D eigenvalue weighted by Gasteiger charge is -2.44. The fourth-order valence-electron chi connectivity index (χ4n) is 4.29. The third kappa shape index (κ3) is 5.26. The highest BCUT2D eigenvalue weighted by molar-refractivity contribution is 5.92. The summed E-state index contributed by atoms with van der Waals surface area (Å²) in [7, 11) is 0. The van der Waals surface area contributed by atoms with E-state index in [0.29, 0.717) is 32.8 Å². The van der Waals surface area contributed by atoms with Crippen molar-refractivity contribution in [1.29, 1.82) is 0 Å². The molecule has 0 aromatic heterocycles. The average molecular weight is 434 g/mol. The molecule has 170 valence electrons. The molecule has 2 saturated heterocycles. The Hall–Kier alpha value is -2.85. The minimum atomic E-state index is -1.29. The van der Waals surface area contributed by atoms with E-state index in [1.165, 1.54) is 0 Å². The fraction of sp³-hybridized carbons (Fsp3) is 0.571. The number of nitrogens with zero attached hydrogens (tertiary/aromatic N) is 3. The minimum Gasteiger partial charge on any atom is -0.465 e. The highest BCUT2D eigenvalue weighted by Crippen LogP contribution is 2.28. The first kappa shape index (κ1) is 22.8. The Bertz CT molecular complexity index is 768. The average Bonchev–Trinajstić information content (AvgIpc) is 2.81. The van der Waals surface area contributed by atoms with Crippen LogP contribution in [-0.4, -0.2) is 89.5 Å². The van der Waals surface area contributed by atoms with Crippen molar-refractivity contribution in [3.8, 4) is 0 Å². The van der Waals surface area contributed by atoms with Crippen LogP contribution in [-0.2, 0) is 14.3 Å². The van der Waals surface area contributed by atoms with Crippen molar-refractivity contribution < 1.29 is 29.4 Å². The van der Waals surface area contributed by atoms with E-state index >= 15 is 0 Å². The smallest absolute Gasteiger partial charge is 0.408 e. The molecule has 1 aromatic carbocycles. The Morgan fingerprint density at radius 3 is 2.39 bits per heavy atom. The van der Waals surface area contributed by atoms with Gasteiger partial charge < -0.3 is 19.6 Å². The Morgan fingerprint density at radius 1 is 1.13 bits per heavy atom. The zero-order valence-electron chi connectivity index (χ0n) is 17.6. The molecule has 2 fully saturated rings. The Morgan fingerprint density at radius 2 is 1.81 bits per heavy atom. The lowest BCUT2D eigenvalue weighted by Crippen LogP contribution is -2.64. The number of piperidine rings is 1. The van der Waals surface area contributed by atoms with Gasteiger partial charge in [-0.25, -0.2) is 10.3 Å². The molecule has 10 nitrogen and oxygen atoms in total. The summed E-state index contributed by atoms with van der Waals surface area (Å²) in [6, 6.07) is 8.65. The number of likely N-dealkylation sites (tertiary alicyclic amines) is 1. The number of carbonyl (C=O) groups excluding carboxylic acids is 2. The molecular weight excluding hydrogens is 404 g/mol. The molecule has 1 aromatic rings. The number of para-hydroxylation sites is 1. The number of ether oxygens (including phenoxy) is 1. The van der Waals surface area contributed by atoms with Crippen LogP contribution in [0.2, 0.25) is 0 Å². The van der Waals surface area contributed by atoms with Gasteiger partial charge in [0.25, 0.3) is 0 Å². The molecule has 2 aliphatic heterocycles. The van der Waals surface area contributed by atoms with Gasteiger partial charge in [0.1, 0.15) is 6.04 Å². The number of benzene rings is 1. The van der Waals surface area contributed by atoms with Crippen LogP contribution in [0.15, 0.2) is 30.3 Å². The number of hydroxylamine groups is 1. The number of anilines is 1. The van der Waals surface area contributed by atoms with Crippen LogP contribution in [0.1, 0.15) is 19.8 Å². The van der Waals surface area contributed by atoms with Gasteiger partial charge in [-0.2, -0.15) is 0 Å². The van der Waals surface area contributed by atoms with Gasteiger partial charge in [0.15, 0.2) is 0 Å². The third-order valence-corrected chi connectivity index (χ3v) is 5.85. The SMILES string of the molecule is CCCOC1CC(C(=O)NO)[C@@H](C(=O)N2CCN(c3ccccc3)CC2)N(C(=O)O)C1. The summed E-state index contributed by atoms with van der Waals surface area (Å²) in [5.74, 6) is -2.23. The quantitative estimate of drug-likeness (QED) is 0.451. The molecule has 3 rings (SSSR count). The van der Waals surface area contributed by atoms with E-state index in [-0.39, 0.29) is 13.0 Å². The Labute approximate surface area is 181 Å². The van der Waals surface area contributed by atoms with Gasteiger partial charge in [-0.15, -0.1) is 0 Å². The molecule has 3 amide bonds. The minimum absolute atomic E-state index is 0.00489. The van der Waals surface area contributed by atoms with Gasteiger partial charge in [0, 0.05) is 38.5 Å². The first-order valence-electron chi connectivity index (χ1n) is 10.6. The zero-order valence-corrected chi connectivity index (χ0v) is 17.6. The molecule has 2 aliphatic rings. The highest BCUT2D eigenvalue weighted by atomic mass is 16.5. The van der Waals surface area contributed by atoms with E-state index in [1.807, 2.05) is 37.3 Å². The summed E-state index contributed by atoms with van der Waals surface area (Å²) in [5, 5.41) is 19.0. The van der Waals surface area contributed by atoms with Crippen LogP contribution < -0.4 is 10.4 Å². The second kappa shape index (κ2) is 10.5. The summed E-state index contributed by atoms with van der Waals surface area (Å²) in [5.41, 5.74) is 2.66. The van der Waals surface area contributed by atoms with Crippen LogP contribution in [0.25, 0.3) is 0 Å². The van der Waals surface area contributed by atoms with Gasteiger partial charge in [-0.3, -0.25) is 19.7 Å². The molecule has 0 bridgehead atoms. The maximum absolute atomic E-state index is 13.4. The zero-order chi connectivity index (χ0) is 22.4. The molecule has 0 saturated carbocycles. The molecule has 2 heterocycles. The number of piperazine rings is 1. The van der Waals surface area contributed by atoms with Crippen molar-refractivity contribution in [3.05, 3.63) is 30.3 Å². The monoisotopic (exact) mass is 434 g/mol. The standard InChI is InChI=1S/C21H30N4O6/c1-2-12-31-16-13-17(19(26)22-30)18(25(14-16)21(28)29)20(27)24-10-8-23(9-11-24)15-6-4-3-5-7-15/h3-7,16-18,30H,2,8-14H2,1H3,(H,22,26)(H,28,29)/t16?,17?,18-/m0/s1. The van der Waals surface area contributed by atoms with Gasteiger partial charge in [0.2, 0.25) is 11.8 Å². The van der Waals surface area contributed by atoms with E-state index in [0.717, 1.165) is 17.0 Å². The second-order valence-corrected chi connectivity index (χ2v) is 7.84. The normalized spacial score (nSPS) is 24.1. The van der Waals surface area contributed by atoms with E-state index < -0.39 is 36.0 Å². The topological polar surface area (TPSA) is 123 Å². The molecule has 2 unspecified atom stereocenters. The number of carbonyl (C=O) groups is 3. The predicted octanol–water partition coefficient (Wildman–Crippen LogP) is 1.00. The summed E-state index contributed by atoms with van der Waals surface area (Å²) >= 11 is 0. The molecule has 31 heavy (non-hydrogen) atoms. The molecule has 10 heteroatoms. The van der Waals surface area contributed by atoms with Crippen molar-refractivity contribution >= 4 is 23.6 Å².